The van der Waals surface area contributed by atoms with Crippen LogP contribution in [-0.4, -0.2) is 13.0 Å². The highest BCUT2D eigenvalue weighted by Gasteiger charge is 2.22. The lowest BCUT2D eigenvalue weighted by Crippen LogP contribution is -2.21. The van der Waals surface area contributed by atoms with E-state index in [9.17, 15) is 0 Å². The minimum absolute atomic E-state index is 0.197. The average molecular weight is 241 g/mol. The number of halogens is 1. The maximum atomic E-state index is 6.08. The summed E-state index contributed by atoms with van der Waals surface area (Å²) in [5.41, 5.74) is 1.50. The van der Waals surface area contributed by atoms with Crippen LogP contribution in [0.5, 0.6) is 5.75 Å². The Hall–Kier alpha value is -0.690. The Morgan fingerprint density at radius 1 is 1.38 bits per heavy atom. The SMILES string of the molecule is CCCC(C)(CCl)Cc1cccc(OC)c1. The van der Waals surface area contributed by atoms with E-state index in [4.69, 9.17) is 16.3 Å². The van der Waals surface area contributed by atoms with Gasteiger partial charge in [0.25, 0.3) is 0 Å². The van der Waals surface area contributed by atoms with Gasteiger partial charge in [-0.1, -0.05) is 32.4 Å². The van der Waals surface area contributed by atoms with Gasteiger partial charge in [0.15, 0.2) is 0 Å². The number of hydrogen-bond acceptors (Lipinski definition) is 1. The molecule has 0 amide bonds. The van der Waals surface area contributed by atoms with Gasteiger partial charge < -0.3 is 4.74 Å². The topological polar surface area (TPSA) is 9.23 Å². The molecule has 1 nitrogen and oxygen atoms in total. The summed E-state index contributed by atoms with van der Waals surface area (Å²) in [6, 6.07) is 8.25. The quantitative estimate of drug-likeness (QED) is 0.675. The second kappa shape index (κ2) is 6.15. The summed E-state index contributed by atoms with van der Waals surface area (Å²) in [7, 11) is 1.70. The lowest BCUT2D eigenvalue weighted by atomic mass is 9.81. The van der Waals surface area contributed by atoms with Gasteiger partial charge in [-0.3, -0.25) is 0 Å². The molecule has 0 fully saturated rings. The maximum Gasteiger partial charge on any atom is 0.119 e. The molecule has 0 aromatic heterocycles. The van der Waals surface area contributed by atoms with Gasteiger partial charge in [-0.05, 0) is 36.0 Å². The molecular formula is C14H21ClO. The molecule has 0 aliphatic carbocycles. The van der Waals surface area contributed by atoms with Crippen molar-refractivity contribution in [2.24, 2.45) is 5.41 Å². The minimum Gasteiger partial charge on any atom is -0.497 e. The summed E-state index contributed by atoms with van der Waals surface area (Å²) in [5.74, 6) is 1.63. The fourth-order valence-corrected chi connectivity index (χ4v) is 2.31. The largest absolute Gasteiger partial charge is 0.497 e. The summed E-state index contributed by atoms with van der Waals surface area (Å²) >= 11 is 6.08. The van der Waals surface area contributed by atoms with Crippen molar-refractivity contribution in [3.63, 3.8) is 0 Å². The normalized spacial score (nSPS) is 14.5. The fourth-order valence-electron chi connectivity index (χ4n) is 2.08. The van der Waals surface area contributed by atoms with Crippen LogP contribution in [0.25, 0.3) is 0 Å². The van der Waals surface area contributed by atoms with Crippen LogP contribution in [0.3, 0.4) is 0 Å². The first-order valence-electron chi connectivity index (χ1n) is 5.82. The molecule has 16 heavy (non-hydrogen) atoms. The van der Waals surface area contributed by atoms with Crippen molar-refractivity contribution in [2.45, 2.75) is 33.1 Å². The average Bonchev–Trinajstić information content (AvgIpc) is 2.29. The molecule has 0 N–H and O–H groups in total. The molecule has 0 radical (unpaired) electrons. The van der Waals surface area contributed by atoms with Gasteiger partial charge >= 0.3 is 0 Å². The fraction of sp³-hybridized carbons (Fsp3) is 0.571. The van der Waals surface area contributed by atoms with Crippen LogP contribution in [0.2, 0.25) is 0 Å². The smallest absolute Gasteiger partial charge is 0.119 e. The van der Waals surface area contributed by atoms with Crippen LogP contribution in [0.1, 0.15) is 32.3 Å². The van der Waals surface area contributed by atoms with Crippen molar-refractivity contribution in [1.29, 1.82) is 0 Å². The Balaban J connectivity index is 2.77. The van der Waals surface area contributed by atoms with E-state index in [1.807, 2.05) is 12.1 Å². The van der Waals surface area contributed by atoms with E-state index in [-0.39, 0.29) is 5.41 Å². The number of hydrogen-bond donors (Lipinski definition) is 0. The molecule has 0 bridgehead atoms. The first kappa shape index (κ1) is 13.4. The van der Waals surface area contributed by atoms with Crippen molar-refractivity contribution in [3.8, 4) is 5.75 Å². The van der Waals surface area contributed by atoms with Crippen LogP contribution < -0.4 is 4.74 Å². The lowest BCUT2D eigenvalue weighted by molar-refractivity contribution is 0.334. The van der Waals surface area contributed by atoms with Gasteiger partial charge in [-0.25, -0.2) is 0 Å². The van der Waals surface area contributed by atoms with Gasteiger partial charge in [0.1, 0.15) is 5.75 Å². The first-order chi connectivity index (χ1) is 7.63. The van der Waals surface area contributed by atoms with E-state index in [0.29, 0.717) is 5.88 Å². The van der Waals surface area contributed by atoms with Gasteiger partial charge in [0.05, 0.1) is 7.11 Å². The van der Waals surface area contributed by atoms with Gasteiger partial charge in [-0.2, -0.15) is 0 Å². The number of alkyl halides is 1. The van der Waals surface area contributed by atoms with Gasteiger partial charge in [-0.15, -0.1) is 11.6 Å². The Labute approximate surface area is 104 Å². The van der Waals surface area contributed by atoms with Gasteiger partial charge in [0, 0.05) is 5.88 Å². The number of rotatable bonds is 6. The number of ether oxygens (including phenoxy) is 1. The highest BCUT2D eigenvalue weighted by Crippen LogP contribution is 2.30. The molecule has 90 valence electrons. The monoisotopic (exact) mass is 240 g/mol. The number of benzene rings is 1. The Kier molecular flexibility index (Phi) is 5.14. The van der Waals surface area contributed by atoms with Gasteiger partial charge in [0.2, 0.25) is 0 Å². The maximum absolute atomic E-state index is 6.08. The van der Waals surface area contributed by atoms with Crippen molar-refractivity contribution in [3.05, 3.63) is 29.8 Å². The summed E-state index contributed by atoms with van der Waals surface area (Å²) in [5, 5.41) is 0. The summed E-state index contributed by atoms with van der Waals surface area (Å²) in [6.07, 6.45) is 3.35. The van der Waals surface area contributed by atoms with Crippen LogP contribution in [0.15, 0.2) is 24.3 Å². The molecule has 0 aliphatic heterocycles. The van der Waals surface area contributed by atoms with Crippen molar-refractivity contribution in [1.82, 2.24) is 0 Å². The van der Waals surface area contributed by atoms with E-state index in [1.54, 1.807) is 7.11 Å². The third-order valence-electron chi connectivity index (χ3n) is 2.94. The lowest BCUT2D eigenvalue weighted by Gasteiger charge is -2.26. The Bertz CT molecular complexity index is 324. The molecule has 1 unspecified atom stereocenters. The van der Waals surface area contributed by atoms with Crippen molar-refractivity contribution in [2.75, 3.05) is 13.0 Å². The molecule has 0 heterocycles. The zero-order valence-electron chi connectivity index (χ0n) is 10.4. The summed E-state index contributed by atoms with van der Waals surface area (Å²) < 4.78 is 5.23. The summed E-state index contributed by atoms with van der Waals surface area (Å²) in [4.78, 5) is 0. The highest BCUT2D eigenvalue weighted by molar-refractivity contribution is 6.18. The second-order valence-corrected chi connectivity index (χ2v) is 4.99. The molecule has 0 spiro atoms. The standard InChI is InChI=1S/C14H21ClO/c1-4-8-14(2,11-15)10-12-6-5-7-13(9-12)16-3/h5-7,9H,4,8,10-11H2,1-3H3. The van der Waals surface area contributed by atoms with E-state index in [1.165, 1.54) is 12.0 Å². The predicted octanol–water partition coefficient (Wildman–Crippen LogP) is 4.28. The van der Waals surface area contributed by atoms with E-state index < -0.39 is 0 Å². The molecule has 1 rings (SSSR count). The highest BCUT2D eigenvalue weighted by atomic mass is 35.5. The Morgan fingerprint density at radius 2 is 2.12 bits per heavy atom. The van der Waals surface area contributed by atoms with Crippen molar-refractivity contribution >= 4 is 11.6 Å². The third kappa shape index (κ3) is 3.71. The molecular weight excluding hydrogens is 220 g/mol. The molecule has 0 saturated heterocycles. The van der Waals surface area contributed by atoms with Crippen LogP contribution in [-0.2, 0) is 6.42 Å². The minimum atomic E-state index is 0.197. The van der Waals surface area contributed by atoms with Crippen molar-refractivity contribution < 1.29 is 4.74 Å². The first-order valence-corrected chi connectivity index (χ1v) is 6.36. The molecule has 1 aromatic rings. The van der Waals surface area contributed by atoms with Crippen LogP contribution >= 0.6 is 11.6 Å². The summed E-state index contributed by atoms with van der Waals surface area (Å²) in [6.45, 7) is 4.46. The molecule has 0 aliphatic rings. The number of methoxy groups -OCH3 is 1. The van der Waals surface area contributed by atoms with Crippen LogP contribution in [0, 0.1) is 5.41 Å². The third-order valence-corrected chi connectivity index (χ3v) is 3.59. The van der Waals surface area contributed by atoms with E-state index in [2.05, 4.69) is 26.0 Å². The zero-order valence-corrected chi connectivity index (χ0v) is 11.2. The van der Waals surface area contributed by atoms with E-state index in [0.717, 1.165) is 18.6 Å². The zero-order chi connectivity index (χ0) is 12.0. The predicted molar refractivity (Wildman–Crippen MR) is 70.4 cm³/mol. The molecule has 1 atom stereocenters. The van der Waals surface area contributed by atoms with E-state index >= 15 is 0 Å². The second-order valence-electron chi connectivity index (χ2n) is 4.72. The molecule has 2 heteroatoms. The molecule has 1 aromatic carbocycles. The molecule has 0 saturated carbocycles. The van der Waals surface area contributed by atoms with Crippen LogP contribution in [0.4, 0.5) is 0 Å². The Morgan fingerprint density at radius 3 is 2.69 bits per heavy atom.